The molecule has 0 aliphatic rings. The summed E-state index contributed by atoms with van der Waals surface area (Å²) in [6.45, 7) is 1.09. The first-order valence-electron chi connectivity index (χ1n) is 6.52. The lowest BCUT2D eigenvalue weighted by molar-refractivity contribution is 0.282. The Bertz CT molecular complexity index is 602. The number of nitrogens with one attached hydrogen (secondary N) is 1. The smallest absolute Gasteiger partial charge is 0.175 e. The van der Waals surface area contributed by atoms with Gasteiger partial charge < -0.3 is 14.8 Å². The predicted molar refractivity (Wildman–Crippen MR) is 84.2 cm³/mol. The monoisotopic (exact) mass is 353 g/mol. The van der Waals surface area contributed by atoms with Gasteiger partial charge in [0.05, 0.1) is 11.6 Å². The number of rotatable bonds is 6. The highest BCUT2D eigenvalue weighted by molar-refractivity contribution is 9.10. The average molecular weight is 354 g/mol. The molecule has 0 aliphatic carbocycles. The molecule has 0 unspecified atom stereocenters. The molecule has 0 bridgehead atoms. The van der Waals surface area contributed by atoms with Crippen molar-refractivity contribution in [2.75, 3.05) is 14.2 Å². The molecule has 5 heteroatoms. The number of methoxy groups -OCH3 is 1. The van der Waals surface area contributed by atoms with E-state index in [0.717, 1.165) is 22.1 Å². The van der Waals surface area contributed by atoms with Gasteiger partial charge in [-0.1, -0.05) is 12.1 Å². The van der Waals surface area contributed by atoms with Crippen molar-refractivity contribution >= 4 is 15.9 Å². The largest absolute Gasteiger partial charge is 0.493 e. The van der Waals surface area contributed by atoms with Crippen LogP contribution < -0.4 is 14.8 Å². The maximum Gasteiger partial charge on any atom is 0.175 e. The van der Waals surface area contributed by atoms with E-state index >= 15 is 0 Å². The van der Waals surface area contributed by atoms with E-state index in [9.17, 15) is 4.39 Å². The molecule has 0 saturated heterocycles. The maximum absolute atomic E-state index is 12.9. The van der Waals surface area contributed by atoms with Gasteiger partial charge in [0.1, 0.15) is 12.4 Å². The fourth-order valence-corrected chi connectivity index (χ4v) is 2.56. The Hall–Kier alpha value is -1.59. The van der Waals surface area contributed by atoms with Crippen molar-refractivity contribution in [3.63, 3.8) is 0 Å². The SMILES string of the molecule is CNCc1cc(Br)c(OCc2ccc(F)cc2)c(OC)c1. The van der Waals surface area contributed by atoms with Crippen LogP contribution in [-0.2, 0) is 13.2 Å². The Morgan fingerprint density at radius 1 is 1.14 bits per heavy atom. The van der Waals surface area contributed by atoms with E-state index in [2.05, 4.69) is 21.2 Å². The molecule has 0 aromatic heterocycles. The van der Waals surface area contributed by atoms with Crippen LogP contribution in [0.4, 0.5) is 4.39 Å². The number of hydrogen-bond donors (Lipinski definition) is 1. The van der Waals surface area contributed by atoms with E-state index in [1.807, 2.05) is 19.2 Å². The van der Waals surface area contributed by atoms with Crippen LogP contribution >= 0.6 is 15.9 Å². The summed E-state index contributed by atoms with van der Waals surface area (Å²) in [5.41, 5.74) is 1.99. The van der Waals surface area contributed by atoms with Gasteiger partial charge in [0, 0.05) is 6.54 Å². The molecule has 0 saturated carbocycles. The Labute approximate surface area is 132 Å². The second-order valence-electron chi connectivity index (χ2n) is 4.55. The third kappa shape index (κ3) is 4.19. The van der Waals surface area contributed by atoms with Crippen LogP contribution in [0.1, 0.15) is 11.1 Å². The standard InChI is InChI=1S/C16H17BrFNO2/c1-19-9-12-7-14(17)16(15(8-12)20-2)21-10-11-3-5-13(18)6-4-11/h3-8,19H,9-10H2,1-2H3. The molecular formula is C16H17BrFNO2. The Morgan fingerprint density at radius 2 is 1.86 bits per heavy atom. The maximum atomic E-state index is 12.9. The van der Waals surface area contributed by atoms with E-state index in [1.54, 1.807) is 19.2 Å². The van der Waals surface area contributed by atoms with Crippen molar-refractivity contribution in [1.29, 1.82) is 0 Å². The highest BCUT2D eigenvalue weighted by Crippen LogP contribution is 2.37. The van der Waals surface area contributed by atoms with Crippen LogP contribution in [0.3, 0.4) is 0 Å². The fourth-order valence-electron chi connectivity index (χ4n) is 1.96. The van der Waals surface area contributed by atoms with Crippen LogP contribution in [-0.4, -0.2) is 14.2 Å². The molecule has 0 amide bonds. The number of hydrogen-bond acceptors (Lipinski definition) is 3. The number of halogens is 2. The molecule has 0 aliphatic heterocycles. The fraction of sp³-hybridized carbons (Fsp3) is 0.250. The van der Waals surface area contributed by atoms with Crippen LogP contribution in [0, 0.1) is 5.82 Å². The Morgan fingerprint density at radius 3 is 2.48 bits per heavy atom. The van der Waals surface area contributed by atoms with Crippen LogP contribution in [0.5, 0.6) is 11.5 Å². The summed E-state index contributed by atoms with van der Waals surface area (Å²) in [6.07, 6.45) is 0. The highest BCUT2D eigenvalue weighted by atomic mass is 79.9. The minimum absolute atomic E-state index is 0.256. The second kappa shape index (κ2) is 7.43. The molecule has 21 heavy (non-hydrogen) atoms. The summed E-state index contributed by atoms with van der Waals surface area (Å²) in [6, 6.07) is 10.2. The quantitative estimate of drug-likeness (QED) is 0.854. The van der Waals surface area contributed by atoms with Gasteiger partial charge in [-0.15, -0.1) is 0 Å². The van der Waals surface area contributed by atoms with E-state index < -0.39 is 0 Å². The van der Waals surface area contributed by atoms with Crippen molar-refractivity contribution in [3.8, 4) is 11.5 Å². The molecule has 112 valence electrons. The second-order valence-corrected chi connectivity index (χ2v) is 5.41. The molecule has 1 N–H and O–H groups in total. The summed E-state index contributed by atoms with van der Waals surface area (Å²) in [4.78, 5) is 0. The van der Waals surface area contributed by atoms with Gasteiger partial charge in [0.15, 0.2) is 11.5 Å². The lowest BCUT2D eigenvalue weighted by Crippen LogP contribution is -2.06. The van der Waals surface area contributed by atoms with Gasteiger partial charge in [-0.2, -0.15) is 0 Å². The molecule has 2 aromatic rings. The Balaban J connectivity index is 2.16. The first kappa shape index (κ1) is 15.8. The zero-order valence-electron chi connectivity index (χ0n) is 12.0. The summed E-state index contributed by atoms with van der Waals surface area (Å²) >= 11 is 3.50. The normalized spacial score (nSPS) is 10.5. The molecule has 0 heterocycles. The van der Waals surface area contributed by atoms with Gasteiger partial charge in [0.25, 0.3) is 0 Å². The lowest BCUT2D eigenvalue weighted by atomic mass is 10.2. The van der Waals surface area contributed by atoms with Gasteiger partial charge >= 0.3 is 0 Å². The van der Waals surface area contributed by atoms with E-state index in [-0.39, 0.29) is 5.82 Å². The van der Waals surface area contributed by atoms with Crippen LogP contribution in [0.15, 0.2) is 40.9 Å². The van der Waals surface area contributed by atoms with Gasteiger partial charge in [-0.3, -0.25) is 0 Å². The average Bonchev–Trinajstić information content (AvgIpc) is 2.47. The first-order valence-corrected chi connectivity index (χ1v) is 7.31. The summed E-state index contributed by atoms with van der Waals surface area (Å²) < 4.78 is 24.9. The molecule has 0 spiro atoms. The minimum atomic E-state index is -0.256. The van der Waals surface area contributed by atoms with E-state index in [1.165, 1.54) is 12.1 Å². The van der Waals surface area contributed by atoms with E-state index in [0.29, 0.717) is 18.1 Å². The topological polar surface area (TPSA) is 30.5 Å². The van der Waals surface area contributed by atoms with Gasteiger partial charge in [-0.05, 0) is 58.4 Å². The van der Waals surface area contributed by atoms with Crippen molar-refractivity contribution in [3.05, 3.63) is 57.8 Å². The zero-order valence-corrected chi connectivity index (χ0v) is 13.5. The first-order chi connectivity index (χ1) is 10.1. The predicted octanol–water partition coefficient (Wildman–Crippen LogP) is 3.90. The minimum Gasteiger partial charge on any atom is -0.493 e. The van der Waals surface area contributed by atoms with Crippen molar-refractivity contribution in [1.82, 2.24) is 5.32 Å². The summed E-state index contributed by atoms with van der Waals surface area (Å²) in [5.74, 6) is 1.05. The zero-order chi connectivity index (χ0) is 15.2. The van der Waals surface area contributed by atoms with Crippen LogP contribution in [0.2, 0.25) is 0 Å². The molecule has 2 rings (SSSR count). The Kier molecular flexibility index (Phi) is 5.59. The number of benzene rings is 2. The molecule has 0 fully saturated rings. The van der Waals surface area contributed by atoms with Crippen LogP contribution in [0.25, 0.3) is 0 Å². The summed E-state index contributed by atoms with van der Waals surface area (Å²) in [7, 11) is 3.50. The molecule has 0 atom stereocenters. The van der Waals surface area contributed by atoms with Crippen molar-refractivity contribution in [2.45, 2.75) is 13.2 Å². The summed E-state index contributed by atoms with van der Waals surface area (Å²) in [5, 5.41) is 3.09. The van der Waals surface area contributed by atoms with Crippen molar-refractivity contribution in [2.24, 2.45) is 0 Å². The van der Waals surface area contributed by atoms with Gasteiger partial charge in [-0.25, -0.2) is 4.39 Å². The third-order valence-corrected chi connectivity index (χ3v) is 3.56. The van der Waals surface area contributed by atoms with Gasteiger partial charge in [0.2, 0.25) is 0 Å². The lowest BCUT2D eigenvalue weighted by Gasteiger charge is -2.14. The highest BCUT2D eigenvalue weighted by Gasteiger charge is 2.11. The molecule has 0 radical (unpaired) electrons. The van der Waals surface area contributed by atoms with E-state index in [4.69, 9.17) is 9.47 Å². The molecule has 3 nitrogen and oxygen atoms in total. The number of ether oxygens (including phenoxy) is 2. The van der Waals surface area contributed by atoms with Crippen molar-refractivity contribution < 1.29 is 13.9 Å². The molecular weight excluding hydrogens is 337 g/mol. The molecule has 2 aromatic carbocycles. The third-order valence-electron chi connectivity index (χ3n) is 2.97.